The Balaban J connectivity index is 0.00000338. The maximum Gasteiger partial charge on any atom is 0.191 e. The molecule has 0 aliphatic rings. The van der Waals surface area contributed by atoms with Crippen LogP contribution in [0.3, 0.4) is 0 Å². The molecule has 2 aromatic rings. The van der Waals surface area contributed by atoms with Gasteiger partial charge in [0.05, 0.1) is 7.11 Å². The van der Waals surface area contributed by atoms with Crippen LogP contribution in [-0.2, 0) is 6.54 Å². The number of methoxy groups -OCH3 is 1. The number of hydrogen-bond acceptors (Lipinski definition) is 2. The second-order valence-corrected chi connectivity index (χ2v) is 5.73. The highest BCUT2D eigenvalue weighted by molar-refractivity contribution is 14.0. The van der Waals surface area contributed by atoms with Gasteiger partial charge in [0.25, 0.3) is 0 Å². The molecule has 1 atom stereocenters. The predicted octanol–water partition coefficient (Wildman–Crippen LogP) is 4.06. The second-order valence-electron chi connectivity index (χ2n) is 5.73. The Labute approximate surface area is 170 Å². The van der Waals surface area contributed by atoms with Crippen LogP contribution < -0.4 is 15.4 Å². The molecule has 0 saturated heterocycles. The van der Waals surface area contributed by atoms with Crippen molar-refractivity contribution in [1.29, 1.82) is 0 Å². The van der Waals surface area contributed by atoms with Gasteiger partial charge >= 0.3 is 0 Å². The zero-order chi connectivity index (χ0) is 18.2. The van der Waals surface area contributed by atoms with Crippen molar-refractivity contribution < 1.29 is 13.5 Å². The van der Waals surface area contributed by atoms with Gasteiger partial charge in [0.2, 0.25) is 0 Å². The van der Waals surface area contributed by atoms with Crippen molar-refractivity contribution in [2.24, 2.45) is 4.99 Å². The number of nitrogens with zero attached hydrogens (tertiary/aromatic N) is 1. The number of ether oxygens (including phenoxy) is 1. The Kier molecular flexibility index (Phi) is 9.32. The molecular weight excluding hydrogens is 451 g/mol. The Morgan fingerprint density at radius 1 is 1.08 bits per heavy atom. The zero-order valence-corrected chi connectivity index (χ0v) is 17.4. The summed E-state index contributed by atoms with van der Waals surface area (Å²) in [7, 11) is 3.32. The van der Waals surface area contributed by atoms with Gasteiger partial charge < -0.3 is 15.4 Å². The molecule has 7 heteroatoms. The molecule has 142 valence electrons. The fraction of sp³-hybridized carbons (Fsp3) is 0.316. The molecule has 0 aliphatic carbocycles. The van der Waals surface area contributed by atoms with Crippen molar-refractivity contribution in [2.75, 3.05) is 20.7 Å². The van der Waals surface area contributed by atoms with E-state index in [1.165, 1.54) is 6.07 Å². The van der Waals surface area contributed by atoms with Gasteiger partial charge in [0.15, 0.2) is 17.6 Å². The topological polar surface area (TPSA) is 45.7 Å². The minimum absolute atomic E-state index is 0. The lowest BCUT2D eigenvalue weighted by molar-refractivity contribution is 0.414. The van der Waals surface area contributed by atoms with Crippen molar-refractivity contribution in [3.05, 3.63) is 65.2 Å². The van der Waals surface area contributed by atoms with E-state index in [4.69, 9.17) is 4.74 Å². The van der Waals surface area contributed by atoms with Crippen LogP contribution >= 0.6 is 24.0 Å². The molecule has 0 aliphatic heterocycles. The third-order valence-corrected chi connectivity index (χ3v) is 3.93. The summed E-state index contributed by atoms with van der Waals surface area (Å²) in [6.45, 7) is 3.10. The largest absolute Gasteiger partial charge is 0.497 e. The Morgan fingerprint density at radius 3 is 2.35 bits per heavy atom. The second kappa shape index (κ2) is 10.9. The van der Waals surface area contributed by atoms with Gasteiger partial charge in [-0.3, -0.25) is 4.99 Å². The first-order chi connectivity index (χ1) is 12.0. The van der Waals surface area contributed by atoms with Crippen LogP contribution in [0.15, 0.2) is 47.5 Å². The van der Waals surface area contributed by atoms with Crippen molar-refractivity contribution in [3.63, 3.8) is 0 Å². The monoisotopic (exact) mass is 475 g/mol. The van der Waals surface area contributed by atoms with E-state index in [-0.39, 0.29) is 29.9 Å². The summed E-state index contributed by atoms with van der Waals surface area (Å²) in [6, 6.07) is 11.7. The quantitative estimate of drug-likeness (QED) is 0.377. The number of aliphatic imine (C=N–C) groups is 1. The van der Waals surface area contributed by atoms with Gasteiger partial charge in [0, 0.05) is 20.1 Å². The SMILES string of the molecule is CN=C(NCc1ccc(OC)cc1)NCC(C)c1ccc(F)c(F)c1.I. The van der Waals surface area contributed by atoms with Crippen molar-refractivity contribution in [1.82, 2.24) is 10.6 Å². The highest BCUT2D eigenvalue weighted by atomic mass is 127. The van der Waals surface area contributed by atoms with Gasteiger partial charge in [-0.25, -0.2) is 8.78 Å². The summed E-state index contributed by atoms with van der Waals surface area (Å²) in [5.74, 6) is -0.196. The van der Waals surface area contributed by atoms with E-state index in [9.17, 15) is 8.78 Å². The van der Waals surface area contributed by atoms with Gasteiger partial charge in [0.1, 0.15) is 5.75 Å². The van der Waals surface area contributed by atoms with Gasteiger partial charge in [-0.1, -0.05) is 25.1 Å². The summed E-state index contributed by atoms with van der Waals surface area (Å²) in [4.78, 5) is 4.17. The van der Waals surface area contributed by atoms with Crippen molar-refractivity contribution >= 4 is 29.9 Å². The summed E-state index contributed by atoms with van der Waals surface area (Å²) in [5, 5.41) is 6.41. The minimum Gasteiger partial charge on any atom is -0.497 e. The molecule has 0 fully saturated rings. The predicted molar refractivity (Wildman–Crippen MR) is 111 cm³/mol. The van der Waals surface area contributed by atoms with Crippen LogP contribution in [0.25, 0.3) is 0 Å². The molecule has 0 amide bonds. The minimum atomic E-state index is -0.833. The standard InChI is InChI=1S/C19H23F2N3O.HI/c1-13(15-6-9-17(20)18(21)10-15)11-23-19(22-2)24-12-14-4-7-16(25-3)8-5-14;/h4-10,13H,11-12H2,1-3H3,(H2,22,23,24);1H. The number of hydrogen-bond donors (Lipinski definition) is 2. The molecule has 0 spiro atoms. The molecular formula is C19H24F2IN3O. The van der Waals surface area contributed by atoms with Crippen LogP contribution in [0.1, 0.15) is 24.0 Å². The maximum atomic E-state index is 13.3. The number of rotatable bonds is 6. The summed E-state index contributed by atoms with van der Waals surface area (Å²) in [6.07, 6.45) is 0. The van der Waals surface area contributed by atoms with Gasteiger partial charge in [-0.05, 0) is 41.3 Å². The summed E-state index contributed by atoms with van der Waals surface area (Å²) < 4.78 is 31.5. The van der Waals surface area contributed by atoms with Crippen LogP contribution in [0.2, 0.25) is 0 Å². The third kappa shape index (κ3) is 6.44. The lowest BCUT2D eigenvalue weighted by atomic mass is 10.0. The van der Waals surface area contributed by atoms with Crippen LogP contribution in [0.4, 0.5) is 8.78 Å². The number of guanidine groups is 1. The molecule has 2 aromatic carbocycles. The Bertz CT molecular complexity index is 723. The molecule has 2 rings (SSSR count). The fourth-order valence-corrected chi connectivity index (χ4v) is 2.34. The van der Waals surface area contributed by atoms with E-state index >= 15 is 0 Å². The maximum absolute atomic E-state index is 13.3. The number of benzene rings is 2. The molecule has 2 N–H and O–H groups in total. The highest BCUT2D eigenvalue weighted by Gasteiger charge is 2.10. The van der Waals surface area contributed by atoms with E-state index in [2.05, 4.69) is 15.6 Å². The first-order valence-electron chi connectivity index (χ1n) is 8.06. The van der Waals surface area contributed by atoms with Crippen molar-refractivity contribution in [2.45, 2.75) is 19.4 Å². The van der Waals surface area contributed by atoms with Crippen LogP contribution in [-0.4, -0.2) is 26.7 Å². The molecule has 4 nitrogen and oxygen atoms in total. The lowest BCUT2D eigenvalue weighted by Gasteiger charge is -2.16. The molecule has 0 radical (unpaired) electrons. The molecule has 26 heavy (non-hydrogen) atoms. The van der Waals surface area contributed by atoms with E-state index in [0.717, 1.165) is 22.9 Å². The number of nitrogens with one attached hydrogen (secondary N) is 2. The molecule has 0 bridgehead atoms. The molecule has 0 heterocycles. The average Bonchev–Trinajstić information content (AvgIpc) is 2.64. The molecule has 0 saturated carbocycles. The Morgan fingerprint density at radius 2 is 1.77 bits per heavy atom. The highest BCUT2D eigenvalue weighted by Crippen LogP contribution is 2.17. The fourth-order valence-electron chi connectivity index (χ4n) is 2.34. The van der Waals surface area contributed by atoms with Crippen molar-refractivity contribution in [3.8, 4) is 5.75 Å². The summed E-state index contributed by atoms with van der Waals surface area (Å²) >= 11 is 0. The first-order valence-corrected chi connectivity index (χ1v) is 8.06. The zero-order valence-electron chi connectivity index (χ0n) is 15.1. The van der Waals surface area contributed by atoms with Gasteiger partial charge in [-0.2, -0.15) is 0 Å². The van der Waals surface area contributed by atoms with Gasteiger partial charge in [-0.15, -0.1) is 24.0 Å². The van der Waals surface area contributed by atoms with E-state index < -0.39 is 11.6 Å². The van der Waals surface area contributed by atoms with E-state index in [1.54, 1.807) is 20.2 Å². The van der Waals surface area contributed by atoms with Crippen LogP contribution in [0, 0.1) is 11.6 Å². The molecule has 1 unspecified atom stereocenters. The molecule has 0 aromatic heterocycles. The van der Waals surface area contributed by atoms with E-state index in [0.29, 0.717) is 19.0 Å². The lowest BCUT2D eigenvalue weighted by Crippen LogP contribution is -2.38. The van der Waals surface area contributed by atoms with E-state index in [1.807, 2.05) is 31.2 Å². The number of halogens is 3. The smallest absolute Gasteiger partial charge is 0.191 e. The third-order valence-electron chi connectivity index (χ3n) is 3.93. The normalized spacial score (nSPS) is 12.1. The Hall–Kier alpha value is -1.90. The summed E-state index contributed by atoms with van der Waals surface area (Å²) in [5.41, 5.74) is 1.83. The average molecular weight is 475 g/mol. The van der Waals surface area contributed by atoms with Crippen LogP contribution in [0.5, 0.6) is 5.75 Å². The first kappa shape index (κ1) is 22.1.